The minimum Gasteiger partial charge on any atom is -0.296 e. The molecule has 3 aromatic rings. The number of aromatic nitrogens is 6. The van der Waals surface area contributed by atoms with E-state index in [4.69, 9.17) is 9.97 Å². The molecule has 26 heavy (non-hydrogen) atoms. The van der Waals surface area contributed by atoms with Gasteiger partial charge in [0.2, 0.25) is 5.16 Å². The van der Waals surface area contributed by atoms with Crippen molar-refractivity contribution >= 4 is 33.3 Å². The molecule has 3 aromatic heterocycles. The molecular weight excluding hydrogens is 366 g/mol. The molecule has 0 amide bonds. The van der Waals surface area contributed by atoms with E-state index in [2.05, 4.69) is 34.3 Å². The second-order valence-corrected chi connectivity index (χ2v) is 9.29. The van der Waals surface area contributed by atoms with Gasteiger partial charge in [-0.15, -0.1) is 16.4 Å². The Morgan fingerprint density at radius 2 is 1.96 bits per heavy atom. The smallest absolute Gasteiger partial charge is 0.215 e. The van der Waals surface area contributed by atoms with Crippen molar-refractivity contribution in [3.63, 3.8) is 0 Å². The van der Waals surface area contributed by atoms with Gasteiger partial charge in [0.1, 0.15) is 15.7 Å². The number of fused-ring (bicyclic) bond motifs is 1. The molecule has 1 saturated heterocycles. The van der Waals surface area contributed by atoms with Gasteiger partial charge in [-0.25, -0.2) is 14.6 Å². The quantitative estimate of drug-likeness (QED) is 0.621. The molecule has 0 aromatic carbocycles. The van der Waals surface area contributed by atoms with E-state index in [-0.39, 0.29) is 0 Å². The summed E-state index contributed by atoms with van der Waals surface area (Å²) in [6.45, 7) is 7.43. The van der Waals surface area contributed by atoms with Gasteiger partial charge < -0.3 is 0 Å². The number of thiophene rings is 1. The van der Waals surface area contributed by atoms with Crippen molar-refractivity contribution < 1.29 is 0 Å². The first kappa shape index (κ1) is 16.6. The number of likely N-dealkylation sites (tertiary alicyclic amines) is 1. The van der Waals surface area contributed by atoms with E-state index in [1.165, 1.54) is 23.3 Å². The first-order chi connectivity index (χ1) is 12.7. The van der Waals surface area contributed by atoms with Crippen molar-refractivity contribution in [3.8, 4) is 0 Å². The van der Waals surface area contributed by atoms with Crippen molar-refractivity contribution in [1.29, 1.82) is 0 Å². The summed E-state index contributed by atoms with van der Waals surface area (Å²) in [5.41, 5.74) is 1.27. The molecule has 1 aliphatic carbocycles. The maximum absolute atomic E-state index is 4.94. The average Bonchev–Trinajstić information content (AvgIpc) is 3.00. The Labute approximate surface area is 160 Å². The van der Waals surface area contributed by atoms with Gasteiger partial charge >= 0.3 is 0 Å². The van der Waals surface area contributed by atoms with Crippen LogP contribution in [0.15, 0.2) is 10.2 Å². The molecular formula is C17H21N7S2. The maximum atomic E-state index is 4.94. The van der Waals surface area contributed by atoms with Crippen LogP contribution in [0.4, 0.5) is 0 Å². The number of rotatable bonds is 5. The van der Waals surface area contributed by atoms with E-state index < -0.39 is 0 Å². The van der Waals surface area contributed by atoms with Gasteiger partial charge in [0.05, 0.1) is 12.6 Å². The van der Waals surface area contributed by atoms with Crippen LogP contribution in [0, 0.1) is 13.8 Å². The van der Waals surface area contributed by atoms with Crippen LogP contribution in [-0.4, -0.2) is 48.2 Å². The van der Waals surface area contributed by atoms with Gasteiger partial charge in [-0.3, -0.25) is 4.90 Å². The molecule has 4 heterocycles. The highest BCUT2D eigenvalue weighted by atomic mass is 32.2. The fraction of sp³-hybridized carbons (Fsp3) is 0.588. The Balaban J connectivity index is 1.55. The summed E-state index contributed by atoms with van der Waals surface area (Å²) in [5.74, 6) is 0.911. The van der Waals surface area contributed by atoms with Crippen LogP contribution in [0.5, 0.6) is 0 Å². The lowest BCUT2D eigenvalue weighted by atomic mass is 10.2. The SMILES string of the molecule is Cc1sc2nc(CN3CCCC3)nc(Sc3nnnn3C3CC3)c2c1C. The zero-order chi connectivity index (χ0) is 17.7. The fourth-order valence-electron chi connectivity index (χ4n) is 3.43. The van der Waals surface area contributed by atoms with Gasteiger partial charge in [0.25, 0.3) is 0 Å². The lowest BCUT2D eigenvalue weighted by Crippen LogP contribution is -2.20. The van der Waals surface area contributed by atoms with Crippen LogP contribution >= 0.6 is 23.1 Å². The molecule has 0 N–H and O–H groups in total. The lowest BCUT2D eigenvalue weighted by Gasteiger charge is -2.14. The first-order valence-corrected chi connectivity index (χ1v) is 10.8. The predicted octanol–water partition coefficient (Wildman–Crippen LogP) is 3.38. The second-order valence-electron chi connectivity index (χ2n) is 7.13. The van der Waals surface area contributed by atoms with Crippen LogP contribution in [0.1, 0.15) is 48.0 Å². The van der Waals surface area contributed by atoms with Gasteiger partial charge in [0, 0.05) is 10.3 Å². The molecule has 7 nitrogen and oxygen atoms in total. The molecule has 9 heteroatoms. The van der Waals surface area contributed by atoms with Gasteiger partial charge in [-0.05, 0) is 80.4 Å². The van der Waals surface area contributed by atoms with Crippen molar-refractivity contribution in [3.05, 3.63) is 16.3 Å². The number of hydrogen-bond donors (Lipinski definition) is 0. The van der Waals surface area contributed by atoms with E-state index in [0.29, 0.717) is 6.04 Å². The minimum atomic E-state index is 0.458. The summed E-state index contributed by atoms with van der Waals surface area (Å²) >= 11 is 3.34. The predicted molar refractivity (Wildman–Crippen MR) is 102 cm³/mol. The normalized spacial score (nSPS) is 18.2. The number of tetrazole rings is 1. The topological polar surface area (TPSA) is 72.6 Å². The van der Waals surface area contributed by atoms with Crippen molar-refractivity contribution in [2.24, 2.45) is 0 Å². The molecule has 0 spiro atoms. The molecule has 1 aliphatic heterocycles. The summed E-state index contributed by atoms with van der Waals surface area (Å²) in [6.07, 6.45) is 4.87. The molecule has 136 valence electrons. The standard InChI is InChI=1S/C17H21N7S2/c1-10-11(2)25-15-14(10)16(19-13(18-15)9-23-7-3-4-8-23)26-17-20-21-22-24(17)12-5-6-12/h12H,3-9H2,1-2H3. The van der Waals surface area contributed by atoms with Gasteiger partial charge in [-0.1, -0.05) is 0 Å². The highest BCUT2D eigenvalue weighted by Crippen LogP contribution is 2.41. The van der Waals surface area contributed by atoms with Crippen LogP contribution < -0.4 is 0 Å². The molecule has 2 fully saturated rings. The largest absolute Gasteiger partial charge is 0.296 e. The third-order valence-corrected chi connectivity index (χ3v) is 7.19. The minimum absolute atomic E-state index is 0.458. The average molecular weight is 388 g/mol. The van der Waals surface area contributed by atoms with E-state index in [0.717, 1.165) is 58.7 Å². The van der Waals surface area contributed by atoms with Crippen LogP contribution in [0.25, 0.3) is 10.2 Å². The Morgan fingerprint density at radius 1 is 1.15 bits per heavy atom. The zero-order valence-electron chi connectivity index (χ0n) is 15.0. The number of aryl methyl sites for hydroxylation is 2. The second kappa shape index (κ2) is 6.54. The Bertz CT molecular complexity index is 954. The monoisotopic (exact) mass is 387 g/mol. The van der Waals surface area contributed by atoms with Crippen molar-refractivity contribution in [2.45, 2.75) is 62.3 Å². The molecule has 0 bridgehead atoms. The Morgan fingerprint density at radius 3 is 2.73 bits per heavy atom. The van der Waals surface area contributed by atoms with Crippen molar-refractivity contribution in [2.75, 3.05) is 13.1 Å². The molecule has 1 saturated carbocycles. The van der Waals surface area contributed by atoms with Crippen LogP contribution in [-0.2, 0) is 6.54 Å². The Kier molecular flexibility index (Phi) is 4.17. The molecule has 5 rings (SSSR count). The van der Waals surface area contributed by atoms with Gasteiger partial charge in [0.15, 0.2) is 0 Å². The Hall–Kier alpha value is -1.58. The summed E-state index contributed by atoms with van der Waals surface area (Å²) in [7, 11) is 0. The summed E-state index contributed by atoms with van der Waals surface area (Å²) in [5, 5.41) is 15.3. The highest BCUT2D eigenvalue weighted by Gasteiger charge is 2.29. The number of nitrogens with zero attached hydrogens (tertiary/aromatic N) is 7. The van der Waals surface area contributed by atoms with Gasteiger partial charge in [-0.2, -0.15) is 0 Å². The molecule has 0 atom stereocenters. The maximum Gasteiger partial charge on any atom is 0.215 e. The summed E-state index contributed by atoms with van der Waals surface area (Å²) in [6, 6.07) is 0.458. The summed E-state index contributed by atoms with van der Waals surface area (Å²) in [4.78, 5) is 14.6. The zero-order valence-corrected chi connectivity index (χ0v) is 16.6. The first-order valence-electron chi connectivity index (χ1n) is 9.14. The highest BCUT2D eigenvalue weighted by molar-refractivity contribution is 7.99. The van der Waals surface area contributed by atoms with Crippen LogP contribution in [0.2, 0.25) is 0 Å². The van der Waals surface area contributed by atoms with E-state index >= 15 is 0 Å². The van der Waals surface area contributed by atoms with Crippen molar-refractivity contribution in [1.82, 2.24) is 35.1 Å². The summed E-state index contributed by atoms with van der Waals surface area (Å²) < 4.78 is 1.95. The lowest BCUT2D eigenvalue weighted by molar-refractivity contribution is 0.322. The van der Waals surface area contributed by atoms with E-state index in [1.807, 2.05) is 4.68 Å². The third kappa shape index (κ3) is 3.01. The molecule has 0 unspecified atom stereocenters. The molecule has 2 aliphatic rings. The molecule has 0 radical (unpaired) electrons. The third-order valence-electron chi connectivity index (χ3n) is 5.15. The number of hydrogen-bond acceptors (Lipinski definition) is 8. The van der Waals surface area contributed by atoms with Crippen LogP contribution in [0.3, 0.4) is 0 Å². The van der Waals surface area contributed by atoms with E-state index in [1.54, 1.807) is 23.1 Å². The van der Waals surface area contributed by atoms with E-state index in [9.17, 15) is 0 Å². The fourth-order valence-corrected chi connectivity index (χ4v) is 5.57.